The van der Waals surface area contributed by atoms with Crippen LogP contribution in [0.3, 0.4) is 0 Å². The van der Waals surface area contributed by atoms with E-state index in [0.717, 1.165) is 0 Å². The minimum Gasteiger partial charge on any atom is -0.454 e. The average molecular weight is 257 g/mol. The Balaban J connectivity index is 2.25. The molecule has 0 unspecified atom stereocenters. The molecule has 1 heterocycles. The quantitative estimate of drug-likeness (QED) is 0.823. The van der Waals surface area contributed by atoms with Crippen molar-refractivity contribution in [3.8, 4) is 11.5 Å². The lowest BCUT2D eigenvalue weighted by molar-refractivity contribution is 0.0955. The molecule has 19 heavy (non-hydrogen) atoms. The molecule has 2 rings (SSSR count). The van der Waals surface area contributed by atoms with Gasteiger partial charge in [0.05, 0.1) is 11.9 Å². The van der Waals surface area contributed by atoms with Crippen molar-refractivity contribution in [1.82, 2.24) is 10.3 Å². The first-order valence-electron chi connectivity index (χ1n) is 5.96. The number of hydrogen-bond acceptors (Lipinski definition) is 4. The molecule has 0 bridgehead atoms. The van der Waals surface area contributed by atoms with Crippen LogP contribution in [0.25, 0.3) is 0 Å². The Bertz CT molecular complexity index is 570. The van der Waals surface area contributed by atoms with E-state index in [0.29, 0.717) is 29.3 Å². The highest BCUT2D eigenvalue weighted by molar-refractivity contribution is 5.95. The molecule has 5 heteroatoms. The summed E-state index contributed by atoms with van der Waals surface area (Å²) in [6.07, 6.45) is 3.24. The summed E-state index contributed by atoms with van der Waals surface area (Å²) in [5, 5.41) is 2.72. The summed E-state index contributed by atoms with van der Waals surface area (Å²) < 4.78 is 5.61. The molecule has 5 nitrogen and oxygen atoms in total. The van der Waals surface area contributed by atoms with E-state index in [1.165, 1.54) is 0 Å². The number of rotatable bonds is 4. The second-order valence-electron chi connectivity index (χ2n) is 3.90. The lowest BCUT2D eigenvalue weighted by Gasteiger charge is -2.10. The van der Waals surface area contributed by atoms with Gasteiger partial charge in [-0.3, -0.25) is 9.78 Å². The van der Waals surface area contributed by atoms with Gasteiger partial charge in [-0.05, 0) is 37.3 Å². The van der Waals surface area contributed by atoms with Crippen LogP contribution in [0.4, 0.5) is 5.69 Å². The minimum absolute atomic E-state index is 0.154. The molecule has 1 amide bonds. The van der Waals surface area contributed by atoms with Gasteiger partial charge in [-0.2, -0.15) is 0 Å². The number of benzene rings is 1. The molecule has 3 N–H and O–H groups in total. The van der Waals surface area contributed by atoms with Crippen LogP contribution in [-0.4, -0.2) is 17.4 Å². The lowest BCUT2D eigenvalue weighted by atomic mass is 10.2. The Labute approximate surface area is 111 Å². The first kappa shape index (κ1) is 12.9. The first-order valence-corrected chi connectivity index (χ1v) is 5.96. The molecule has 0 aliphatic heterocycles. The van der Waals surface area contributed by atoms with Gasteiger partial charge in [0, 0.05) is 18.3 Å². The average Bonchev–Trinajstić information content (AvgIpc) is 2.42. The lowest BCUT2D eigenvalue weighted by Crippen LogP contribution is -2.22. The van der Waals surface area contributed by atoms with E-state index >= 15 is 0 Å². The Kier molecular flexibility index (Phi) is 3.97. The Hall–Kier alpha value is -2.56. The van der Waals surface area contributed by atoms with Crippen molar-refractivity contribution in [1.29, 1.82) is 0 Å². The van der Waals surface area contributed by atoms with Gasteiger partial charge < -0.3 is 15.8 Å². The fourth-order valence-corrected chi connectivity index (χ4v) is 1.56. The van der Waals surface area contributed by atoms with E-state index in [2.05, 4.69) is 10.3 Å². The predicted molar refractivity (Wildman–Crippen MR) is 73.2 cm³/mol. The molecule has 0 spiro atoms. The second kappa shape index (κ2) is 5.86. The van der Waals surface area contributed by atoms with Crippen molar-refractivity contribution >= 4 is 11.6 Å². The molecule has 0 atom stereocenters. The largest absolute Gasteiger partial charge is 0.454 e. The summed E-state index contributed by atoms with van der Waals surface area (Å²) in [6.45, 7) is 2.43. The molecule has 0 aliphatic carbocycles. The summed E-state index contributed by atoms with van der Waals surface area (Å²) >= 11 is 0. The Morgan fingerprint density at radius 2 is 2.26 bits per heavy atom. The maximum Gasteiger partial charge on any atom is 0.251 e. The molecule has 1 aromatic carbocycles. The van der Waals surface area contributed by atoms with E-state index < -0.39 is 0 Å². The van der Waals surface area contributed by atoms with Crippen LogP contribution in [0.1, 0.15) is 17.3 Å². The zero-order valence-electron chi connectivity index (χ0n) is 10.6. The van der Waals surface area contributed by atoms with Gasteiger partial charge in [-0.1, -0.05) is 0 Å². The van der Waals surface area contributed by atoms with Crippen LogP contribution >= 0.6 is 0 Å². The van der Waals surface area contributed by atoms with Crippen molar-refractivity contribution in [2.24, 2.45) is 0 Å². The second-order valence-corrected chi connectivity index (χ2v) is 3.90. The number of nitrogens with two attached hydrogens (primary N) is 1. The third kappa shape index (κ3) is 3.22. The molecular formula is C14H15N3O2. The van der Waals surface area contributed by atoms with E-state index in [4.69, 9.17) is 10.5 Å². The van der Waals surface area contributed by atoms with Gasteiger partial charge in [-0.15, -0.1) is 0 Å². The maximum absolute atomic E-state index is 11.7. The molecular weight excluding hydrogens is 242 g/mol. The van der Waals surface area contributed by atoms with Gasteiger partial charge in [0.1, 0.15) is 5.75 Å². The van der Waals surface area contributed by atoms with Crippen molar-refractivity contribution in [3.05, 3.63) is 48.3 Å². The van der Waals surface area contributed by atoms with E-state index in [1.54, 1.807) is 42.7 Å². The van der Waals surface area contributed by atoms with E-state index in [-0.39, 0.29) is 5.91 Å². The van der Waals surface area contributed by atoms with Gasteiger partial charge in [0.2, 0.25) is 0 Å². The van der Waals surface area contributed by atoms with E-state index in [1.807, 2.05) is 6.92 Å². The molecule has 1 aromatic heterocycles. The highest BCUT2D eigenvalue weighted by Gasteiger charge is 2.09. The predicted octanol–water partition coefficient (Wildman–Crippen LogP) is 2.21. The summed E-state index contributed by atoms with van der Waals surface area (Å²) in [5.41, 5.74) is 6.81. The number of nitrogens with one attached hydrogen (secondary N) is 1. The third-order valence-corrected chi connectivity index (χ3v) is 2.48. The highest BCUT2D eigenvalue weighted by atomic mass is 16.5. The third-order valence-electron chi connectivity index (χ3n) is 2.48. The summed E-state index contributed by atoms with van der Waals surface area (Å²) in [7, 11) is 0. The van der Waals surface area contributed by atoms with Gasteiger partial charge >= 0.3 is 0 Å². The molecule has 0 saturated carbocycles. The zero-order chi connectivity index (χ0) is 13.7. The Morgan fingerprint density at radius 3 is 2.95 bits per heavy atom. The molecule has 0 radical (unpaired) electrons. The number of carbonyl (C=O) groups is 1. The van der Waals surface area contributed by atoms with Gasteiger partial charge in [0.15, 0.2) is 5.75 Å². The van der Waals surface area contributed by atoms with Crippen molar-refractivity contribution in [2.45, 2.75) is 6.92 Å². The highest BCUT2D eigenvalue weighted by Crippen LogP contribution is 2.27. The number of hydrogen-bond donors (Lipinski definition) is 2. The molecule has 0 fully saturated rings. The number of pyridine rings is 1. The first-order chi connectivity index (χ1) is 9.20. The summed E-state index contributed by atoms with van der Waals surface area (Å²) in [5.74, 6) is 0.859. The topological polar surface area (TPSA) is 77.2 Å². The standard InChI is InChI=1S/C14H15N3O2/c1-2-17-14(18)10-5-6-12(15)13(8-10)19-11-4-3-7-16-9-11/h3-9H,2,15H2,1H3,(H,17,18). The van der Waals surface area contributed by atoms with Crippen molar-refractivity contribution < 1.29 is 9.53 Å². The molecule has 0 saturated heterocycles. The van der Waals surface area contributed by atoms with Crippen LogP contribution in [0, 0.1) is 0 Å². The van der Waals surface area contributed by atoms with Crippen LogP contribution in [-0.2, 0) is 0 Å². The van der Waals surface area contributed by atoms with Gasteiger partial charge in [-0.25, -0.2) is 0 Å². The number of amides is 1. The maximum atomic E-state index is 11.7. The van der Waals surface area contributed by atoms with Crippen LogP contribution in [0.15, 0.2) is 42.7 Å². The number of ether oxygens (including phenoxy) is 1. The number of nitrogens with zero attached hydrogens (tertiary/aromatic N) is 1. The minimum atomic E-state index is -0.154. The van der Waals surface area contributed by atoms with Crippen LogP contribution < -0.4 is 15.8 Å². The number of aromatic nitrogens is 1. The van der Waals surface area contributed by atoms with Crippen molar-refractivity contribution in [3.63, 3.8) is 0 Å². The summed E-state index contributed by atoms with van der Waals surface area (Å²) in [6, 6.07) is 8.46. The van der Waals surface area contributed by atoms with Crippen LogP contribution in [0.5, 0.6) is 11.5 Å². The zero-order valence-corrected chi connectivity index (χ0v) is 10.6. The fourth-order valence-electron chi connectivity index (χ4n) is 1.56. The van der Waals surface area contributed by atoms with Crippen molar-refractivity contribution in [2.75, 3.05) is 12.3 Å². The number of anilines is 1. The molecule has 98 valence electrons. The normalized spacial score (nSPS) is 9.95. The fraction of sp³-hybridized carbons (Fsp3) is 0.143. The molecule has 2 aromatic rings. The molecule has 0 aliphatic rings. The summed E-state index contributed by atoms with van der Waals surface area (Å²) in [4.78, 5) is 15.7. The Morgan fingerprint density at radius 1 is 1.42 bits per heavy atom. The number of carbonyl (C=O) groups excluding carboxylic acids is 1. The van der Waals surface area contributed by atoms with E-state index in [9.17, 15) is 4.79 Å². The van der Waals surface area contributed by atoms with Crippen LogP contribution in [0.2, 0.25) is 0 Å². The number of nitrogen functional groups attached to an aromatic ring is 1. The monoisotopic (exact) mass is 257 g/mol. The SMILES string of the molecule is CCNC(=O)c1ccc(N)c(Oc2cccnc2)c1. The van der Waals surface area contributed by atoms with Gasteiger partial charge in [0.25, 0.3) is 5.91 Å². The smallest absolute Gasteiger partial charge is 0.251 e.